The molecular weight excluding hydrogens is 460 g/mol. The molecule has 0 heterocycles. The highest BCUT2D eigenvalue weighted by atomic mass is 16.6. The van der Waals surface area contributed by atoms with Crippen LogP contribution in [0.1, 0.15) is 50.8 Å². The molecule has 4 amide bonds. The number of benzene rings is 1. The number of para-hydroxylation sites is 1. The van der Waals surface area contributed by atoms with Crippen LogP contribution >= 0.6 is 0 Å². The Morgan fingerprint density at radius 2 is 1.80 bits per heavy atom. The lowest BCUT2D eigenvalue weighted by atomic mass is 9.99. The van der Waals surface area contributed by atoms with Crippen LogP contribution in [-0.4, -0.2) is 72.1 Å². The van der Waals surface area contributed by atoms with Crippen molar-refractivity contribution >= 4 is 29.8 Å². The van der Waals surface area contributed by atoms with Crippen LogP contribution in [0.3, 0.4) is 0 Å². The zero-order chi connectivity index (χ0) is 26.9. The number of nitrogens with zero attached hydrogens (tertiary/aromatic N) is 1. The highest BCUT2D eigenvalue weighted by molar-refractivity contribution is 5.93. The Labute approximate surface area is 204 Å². The Hall–Kier alpha value is -3.83. The summed E-state index contributed by atoms with van der Waals surface area (Å²) in [6.07, 6.45) is -1.29. The maximum atomic E-state index is 13.4. The number of aryl methyl sites for hydroxylation is 1. The van der Waals surface area contributed by atoms with Gasteiger partial charge in [0.1, 0.15) is 30.0 Å². The van der Waals surface area contributed by atoms with E-state index in [1.54, 1.807) is 39.8 Å². The number of esters is 1. The third-order valence-corrected chi connectivity index (χ3v) is 4.85. The topological polar surface area (TPSA) is 177 Å². The molecule has 0 aliphatic rings. The van der Waals surface area contributed by atoms with Gasteiger partial charge in [-0.2, -0.15) is 0 Å². The van der Waals surface area contributed by atoms with Crippen molar-refractivity contribution < 1.29 is 38.6 Å². The zero-order valence-electron chi connectivity index (χ0n) is 20.8. The van der Waals surface area contributed by atoms with Crippen molar-refractivity contribution in [3.8, 4) is 5.75 Å². The molecule has 0 aliphatic heterocycles. The Morgan fingerprint density at radius 1 is 1.17 bits per heavy atom. The molecule has 0 saturated heterocycles. The molecule has 0 radical (unpaired) electrons. The molecule has 2 unspecified atom stereocenters. The summed E-state index contributed by atoms with van der Waals surface area (Å²) in [5, 5.41) is 15.4. The minimum atomic E-state index is -1.39. The molecule has 5 N–H and O–H groups in total. The minimum Gasteiger partial charge on any atom is -0.507 e. The Kier molecular flexibility index (Phi) is 10.5. The van der Waals surface area contributed by atoms with Crippen molar-refractivity contribution in [2.45, 2.75) is 58.2 Å². The van der Waals surface area contributed by atoms with Gasteiger partial charge in [0.15, 0.2) is 0 Å². The van der Waals surface area contributed by atoms with E-state index in [-0.39, 0.29) is 24.2 Å². The number of carbonyl (C=O) groups is 5. The Balaban J connectivity index is 3.34. The van der Waals surface area contributed by atoms with E-state index in [1.807, 2.05) is 0 Å². The Morgan fingerprint density at radius 3 is 2.34 bits per heavy atom. The van der Waals surface area contributed by atoms with Crippen LogP contribution in [0.15, 0.2) is 18.2 Å². The summed E-state index contributed by atoms with van der Waals surface area (Å²) >= 11 is 0. The average Bonchev–Trinajstić information content (AvgIpc) is 2.75. The van der Waals surface area contributed by atoms with Crippen molar-refractivity contribution in [3.05, 3.63) is 29.3 Å². The molecule has 194 valence electrons. The molecule has 1 aromatic carbocycles. The molecule has 0 saturated carbocycles. The van der Waals surface area contributed by atoms with Gasteiger partial charge in [-0.15, -0.1) is 0 Å². The van der Waals surface area contributed by atoms with E-state index in [4.69, 9.17) is 10.5 Å². The molecule has 0 aliphatic carbocycles. The van der Waals surface area contributed by atoms with Gasteiger partial charge >= 0.3 is 12.1 Å². The van der Waals surface area contributed by atoms with Crippen molar-refractivity contribution in [2.75, 3.05) is 20.7 Å². The number of amides is 4. The van der Waals surface area contributed by atoms with Gasteiger partial charge in [-0.05, 0) is 39.7 Å². The first-order valence-electron chi connectivity index (χ1n) is 10.9. The van der Waals surface area contributed by atoms with Crippen LogP contribution in [-0.2, 0) is 28.7 Å². The number of aromatic hydroxyl groups is 1. The lowest BCUT2D eigenvalue weighted by molar-refractivity contribution is -0.143. The second-order valence-electron chi connectivity index (χ2n) is 8.86. The van der Waals surface area contributed by atoms with Crippen LogP contribution in [0, 0.1) is 6.92 Å². The summed E-state index contributed by atoms with van der Waals surface area (Å²) in [6.45, 7) is 6.06. The first-order chi connectivity index (χ1) is 16.2. The van der Waals surface area contributed by atoms with Gasteiger partial charge in [-0.1, -0.05) is 18.2 Å². The number of ether oxygens (including phenoxy) is 2. The second kappa shape index (κ2) is 12.6. The lowest BCUT2D eigenvalue weighted by Gasteiger charge is -2.32. The maximum Gasteiger partial charge on any atom is 0.408 e. The van der Waals surface area contributed by atoms with Crippen LogP contribution in [0.25, 0.3) is 0 Å². The molecule has 12 heteroatoms. The van der Waals surface area contributed by atoms with Gasteiger partial charge in [-0.3, -0.25) is 19.2 Å². The van der Waals surface area contributed by atoms with E-state index in [2.05, 4.69) is 15.4 Å². The summed E-state index contributed by atoms with van der Waals surface area (Å²) in [7, 11) is 2.44. The third-order valence-electron chi connectivity index (χ3n) is 4.85. The summed E-state index contributed by atoms with van der Waals surface area (Å²) in [4.78, 5) is 62.7. The number of phenolic OH excluding ortho intramolecular Hbond substituents is 1. The van der Waals surface area contributed by atoms with Crippen molar-refractivity contribution in [1.82, 2.24) is 15.5 Å². The molecular formula is C23H34N4O8. The third kappa shape index (κ3) is 9.14. The predicted octanol–water partition coefficient (Wildman–Crippen LogP) is 0.648. The average molecular weight is 495 g/mol. The number of phenols is 1. The van der Waals surface area contributed by atoms with Gasteiger partial charge < -0.3 is 35.8 Å². The number of methoxy groups -OCH3 is 1. The first kappa shape index (κ1) is 29.2. The number of hydrogen-bond donors (Lipinski definition) is 4. The summed E-state index contributed by atoms with van der Waals surface area (Å²) in [6, 6.07) is 2.00. The smallest absolute Gasteiger partial charge is 0.408 e. The number of hydrogen-bond acceptors (Lipinski definition) is 8. The summed E-state index contributed by atoms with van der Waals surface area (Å²) in [5.41, 5.74) is 4.91. The maximum absolute atomic E-state index is 13.4. The number of primary amides is 1. The molecule has 0 spiro atoms. The summed E-state index contributed by atoms with van der Waals surface area (Å²) < 4.78 is 9.73. The summed E-state index contributed by atoms with van der Waals surface area (Å²) in [5.74, 6) is -3.17. The van der Waals surface area contributed by atoms with Crippen LogP contribution in [0.2, 0.25) is 0 Å². The number of rotatable bonds is 10. The molecule has 0 bridgehead atoms. The fraction of sp³-hybridized carbons (Fsp3) is 0.522. The van der Waals surface area contributed by atoms with Gasteiger partial charge in [0, 0.05) is 19.0 Å². The molecule has 1 aromatic rings. The largest absolute Gasteiger partial charge is 0.507 e. The van der Waals surface area contributed by atoms with Gasteiger partial charge in [0.2, 0.25) is 17.7 Å². The molecule has 2 atom stereocenters. The fourth-order valence-corrected chi connectivity index (χ4v) is 3.12. The molecule has 0 aromatic heterocycles. The number of alkyl carbamates (subject to hydrolysis) is 1. The molecule has 0 fully saturated rings. The zero-order valence-corrected chi connectivity index (χ0v) is 20.8. The minimum absolute atomic E-state index is 0.0918. The lowest BCUT2D eigenvalue weighted by Crippen LogP contribution is -2.52. The Bertz CT molecular complexity index is 957. The standard InChI is InChI=1S/C23H34N4O8/c1-13-8-7-9-14(19(13)30)18(20(31)25-12-17(29)34-6)27(5)21(32)15(10-11-16(24)28)26-22(33)35-23(2,3)4/h7-9,15,18,30H,10-12H2,1-6H3,(H2,24,28)(H,25,31)(H,26,33). The van der Waals surface area contributed by atoms with E-state index in [1.165, 1.54) is 13.1 Å². The highest BCUT2D eigenvalue weighted by Gasteiger charge is 2.35. The van der Waals surface area contributed by atoms with Gasteiger partial charge in [-0.25, -0.2) is 4.79 Å². The van der Waals surface area contributed by atoms with Crippen molar-refractivity contribution in [1.29, 1.82) is 0 Å². The van der Waals surface area contributed by atoms with Gasteiger partial charge in [0.25, 0.3) is 0 Å². The molecule has 1 rings (SSSR count). The highest BCUT2D eigenvalue weighted by Crippen LogP contribution is 2.31. The predicted molar refractivity (Wildman–Crippen MR) is 125 cm³/mol. The van der Waals surface area contributed by atoms with E-state index >= 15 is 0 Å². The number of carbonyl (C=O) groups excluding carboxylic acids is 5. The van der Waals surface area contributed by atoms with Gasteiger partial charge in [0.05, 0.1) is 7.11 Å². The first-order valence-corrected chi connectivity index (χ1v) is 10.9. The second-order valence-corrected chi connectivity index (χ2v) is 8.86. The van der Waals surface area contributed by atoms with Crippen molar-refractivity contribution in [2.24, 2.45) is 5.73 Å². The van der Waals surface area contributed by atoms with Crippen molar-refractivity contribution in [3.63, 3.8) is 0 Å². The van der Waals surface area contributed by atoms with E-state index < -0.39 is 54.0 Å². The molecule has 12 nitrogen and oxygen atoms in total. The SMILES string of the molecule is COC(=O)CNC(=O)C(c1cccc(C)c1O)N(C)C(=O)C(CCC(N)=O)NC(=O)OC(C)(C)C. The normalized spacial score (nSPS) is 12.6. The molecule has 35 heavy (non-hydrogen) atoms. The number of nitrogens with one attached hydrogen (secondary N) is 2. The monoisotopic (exact) mass is 494 g/mol. The fourth-order valence-electron chi connectivity index (χ4n) is 3.12. The van der Waals surface area contributed by atoms with E-state index in [9.17, 15) is 29.1 Å². The number of likely N-dealkylation sites (N-methyl/N-ethyl adjacent to an activating group) is 1. The van der Waals surface area contributed by atoms with Crippen LogP contribution in [0.5, 0.6) is 5.75 Å². The van der Waals surface area contributed by atoms with E-state index in [0.717, 1.165) is 12.0 Å². The van der Waals surface area contributed by atoms with Crippen LogP contribution < -0.4 is 16.4 Å². The number of nitrogens with two attached hydrogens (primary N) is 1. The van der Waals surface area contributed by atoms with E-state index in [0.29, 0.717) is 5.56 Å². The quantitative estimate of drug-likeness (QED) is 0.342. The van der Waals surface area contributed by atoms with Crippen LogP contribution in [0.4, 0.5) is 4.79 Å².